The number of furan rings is 1. The van der Waals surface area contributed by atoms with E-state index in [4.69, 9.17) is 18.6 Å². The third kappa shape index (κ3) is 4.35. The molecule has 0 unspecified atom stereocenters. The first-order valence-corrected chi connectivity index (χ1v) is 8.36. The quantitative estimate of drug-likeness (QED) is 0.602. The van der Waals surface area contributed by atoms with Gasteiger partial charge in [0.1, 0.15) is 11.3 Å². The summed E-state index contributed by atoms with van der Waals surface area (Å²) >= 11 is 0. The molecule has 0 aliphatic rings. The number of aromatic hydroxyl groups is 1. The molecule has 0 spiro atoms. The van der Waals surface area contributed by atoms with Gasteiger partial charge in [0.25, 0.3) is 5.91 Å². The monoisotopic (exact) mass is 385 g/mol. The number of carbonyl (C=O) groups excluding carboxylic acids is 2. The number of amides is 1. The number of nitrogens with one attached hydrogen (secondary N) is 1. The molecule has 2 aromatic carbocycles. The molecule has 0 atom stereocenters. The van der Waals surface area contributed by atoms with Gasteiger partial charge in [-0.1, -0.05) is 0 Å². The van der Waals surface area contributed by atoms with Crippen LogP contribution in [-0.4, -0.2) is 37.8 Å². The van der Waals surface area contributed by atoms with Crippen LogP contribution in [0.2, 0.25) is 0 Å². The summed E-state index contributed by atoms with van der Waals surface area (Å²) in [6, 6.07) is 9.52. The highest BCUT2D eigenvalue weighted by molar-refractivity contribution is 5.93. The Hall–Kier alpha value is -3.68. The van der Waals surface area contributed by atoms with Gasteiger partial charge < -0.3 is 29.1 Å². The molecule has 8 nitrogen and oxygen atoms in total. The van der Waals surface area contributed by atoms with Crippen LogP contribution >= 0.6 is 0 Å². The molecule has 0 radical (unpaired) electrons. The van der Waals surface area contributed by atoms with Crippen molar-refractivity contribution in [2.45, 2.75) is 6.42 Å². The Morgan fingerprint density at radius 2 is 1.86 bits per heavy atom. The molecule has 146 valence electrons. The number of fused-ring (bicyclic) bond motifs is 1. The van der Waals surface area contributed by atoms with Gasteiger partial charge in [-0.05, 0) is 24.3 Å². The fourth-order valence-corrected chi connectivity index (χ4v) is 2.67. The standard InChI is InChI=1S/C20H19NO7/c1-25-16-6-3-13(8-18(16)26-2)21-19(23)11-28-20(24)7-12-10-27-17-9-14(22)4-5-15(12)17/h3-6,8-10,22H,7,11H2,1-2H3,(H,21,23). The molecule has 1 amide bonds. The summed E-state index contributed by atoms with van der Waals surface area (Å²) in [6.07, 6.45) is 1.37. The summed E-state index contributed by atoms with van der Waals surface area (Å²) in [5.41, 5.74) is 1.56. The summed E-state index contributed by atoms with van der Waals surface area (Å²) in [7, 11) is 3.01. The van der Waals surface area contributed by atoms with Gasteiger partial charge in [-0.3, -0.25) is 9.59 Å². The average Bonchev–Trinajstić information content (AvgIpc) is 3.07. The first kappa shape index (κ1) is 19.1. The van der Waals surface area contributed by atoms with E-state index in [1.165, 1.54) is 32.6 Å². The molecule has 2 N–H and O–H groups in total. The zero-order valence-electron chi connectivity index (χ0n) is 15.4. The maximum atomic E-state index is 12.0. The van der Waals surface area contributed by atoms with Crippen LogP contribution in [0.5, 0.6) is 17.2 Å². The minimum atomic E-state index is -0.571. The fourth-order valence-electron chi connectivity index (χ4n) is 2.67. The van der Waals surface area contributed by atoms with Crippen LogP contribution < -0.4 is 14.8 Å². The van der Waals surface area contributed by atoms with Crippen molar-refractivity contribution < 1.29 is 33.3 Å². The minimum Gasteiger partial charge on any atom is -0.508 e. The van der Waals surface area contributed by atoms with E-state index in [9.17, 15) is 14.7 Å². The van der Waals surface area contributed by atoms with Gasteiger partial charge in [-0.2, -0.15) is 0 Å². The highest BCUT2D eigenvalue weighted by Gasteiger charge is 2.14. The van der Waals surface area contributed by atoms with Crippen molar-refractivity contribution in [3.05, 3.63) is 48.2 Å². The smallest absolute Gasteiger partial charge is 0.310 e. The van der Waals surface area contributed by atoms with Crippen molar-refractivity contribution in [2.75, 3.05) is 26.1 Å². The number of carbonyl (C=O) groups is 2. The molecule has 3 rings (SSSR count). The van der Waals surface area contributed by atoms with E-state index >= 15 is 0 Å². The summed E-state index contributed by atoms with van der Waals surface area (Å²) in [4.78, 5) is 24.0. The molecule has 0 saturated carbocycles. The lowest BCUT2D eigenvalue weighted by Crippen LogP contribution is -2.21. The topological polar surface area (TPSA) is 107 Å². The molecule has 8 heteroatoms. The second kappa shape index (κ2) is 8.34. The largest absolute Gasteiger partial charge is 0.508 e. The number of benzene rings is 2. The third-order valence-corrected chi connectivity index (χ3v) is 4.01. The van der Waals surface area contributed by atoms with Crippen molar-refractivity contribution in [3.63, 3.8) is 0 Å². The average molecular weight is 385 g/mol. The molecule has 0 aliphatic heterocycles. The Labute approximate surface area is 160 Å². The van der Waals surface area contributed by atoms with Gasteiger partial charge in [-0.25, -0.2) is 0 Å². The molecule has 1 heterocycles. The lowest BCUT2D eigenvalue weighted by atomic mass is 10.1. The molecular formula is C20H19NO7. The second-order valence-corrected chi connectivity index (χ2v) is 5.90. The number of phenolic OH excluding ortho intramolecular Hbond substituents is 1. The predicted octanol–water partition coefficient (Wildman–Crippen LogP) is 2.88. The number of anilines is 1. The Morgan fingerprint density at radius 1 is 1.07 bits per heavy atom. The number of hydrogen-bond donors (Lipinski definition) is 2. The van der Waals surface area contributed by atoms with Gasteiger partial charge in [0.2, 0.25) is 0 Å². The first-order chi connectivity index (χ1) is 13.5. The van der Waals surface area contributed by atoms with E-state index < -0.39 is 18.5 Å². The summed E-state index contributed by atoms with van der Waals surface area (Å²) in [6.45, 7) is -0.427. The molecule has 0 bridgehead atoms. The van der Waals surface area contributed by atoms with Gasteiger partial charge in [-0.15, -0.1) is 0 Å². The molecule has 0 fully saturated rings. The van der Waals surface area contributed by atoms with Crippen molar-refractivity contribution >= 4 is 28.5 Å². The molecule has 3 aromatic rings. The summed E-state index contributed by atoms with van der Waals surface area (Å²) in [5, 5.41) is 12.8. The zero-order chi connectivity index (χ0) is 20.1. The predicted molar refractivity (Wildman–Crippen MR) is 101 cm³/mol. The van der Waals surface area contributed by atoms with Gasteiger partial charge in [0, 0.05) is 28.8 Å². The maximum absolute atomic E-state index is 12.0. The number of phenols is 1. The number of rotatable bonds is 7. The minimum absolute atomic E-state index is 0.0542. The van der Waals surface area contributed by atoms with Gasteiger partial charge in [0.15, 0.2) is 18.1 Å². The lowest BCUT2D eigenvalue weighted by molar-refractivity contribution is -0.146. The van der Waals surface area contributed by atoms with Crippen LogP contribution in [0.25, 0.3) is 11.0 Å². The SMILES string of the molecule is COc1ccc(NC(=O)COC(=O)Cc2coc3cc(O)ccc23)cc1OC. The van der Waals surface area contributed by atoms with Crippen LogP contribution in [0, 0.1) is 0 Å². The Bertz CT molecular complexity index is 1010. The zero-order valence-corrected chi connectivity index (χ0v) is 15.4. The Balaban J connectivity index is 1.54. The second-order valence-electron chi connectivity index (χ2n) is 5.90. The summed E-state index contributed by atoms with van der Waals surface area (Å²) in [5.74, 6) is 0.0198. The Morgan fingerprint density at radius 3 is 2.61 bits per heavy atom. The number of ether oxygens (including phenoxy) is 3. The Kier molecular flexibility index (Phi) is 5.69. The molecule has 0 saturated heterocycles. The summed E-state index contributed by atoms with van der Waals surface area (Å²) < 4.78 is 20.6. The molecule has 1 aromatic heterocycles. The molecule has 0 aliphatic carbocycles. The van der Waals surface area contributed by atoms with E-state index in [1.807, 2.05) is 0 Å². The highest BCUT2D eigenvalue weighted by Crippen LogP contribution is 2.29. The normalized spacial score (nSPS) is 10.5. The van der Waals surface area contributed by atoms with E-state index in [2.05, 4.69) is 5.32 Å². The van der Waals surface area contributed by atoms with Crippen molar-refractivity contribution in [3.8, 4) is 17.2 Å². The number of esters is 1. The van der Waals surface area contributed by atoms with Crippen molar-refractivity contribution in [2.24, 2.45) is 0 Å². The third-order valence-electron chi connectivity index (χ3n) is 4.01. The highest BCUT2D eigenvalue weighted by atomic mass is 16.5. The molecular weight excluding hydrogens is 366 g/mol. The van der Waals surface area contributed by atoms with Gasteiger partial charge >= 0.3 is 5.97 Å². The van der Waals surface area contributed by atoms with E-state index in [1.54, 1.807) is 24.3 Å². The van der Waals surface area contributed by atoms with E-state index in [0.717, 1.165) is 0 Å². The fraction of sp³-hybridized carbons (Fsp3) is 0.200. The van der Waals surface area contributed by atoms with Crippen LogP contribution in [0.15, 0.2) is 47.1 Å². The van der Waals surface area contributed by atoms with Crippen LogP contribution in [0.3, 0.4) is 0 Å². The van der Waals surface area contributed by atoms with Gasteiger partial charge in [0.05, 0.1) is 26.9 Å². The van der Waals surface area contributed by atoms with Crippen molar-refractivity contribution in [1.82, 2.24) is 0 Å². The number of methoxy groups -OCH3 is 2. The van der Waals surface area contributed by atoms with Crippen LogP contribution in [0.1, 0.15) is 5.56 Å². The molecule has 28 heavy (non-hydrogen) atoms. The van der Waals surface area contributed by atoms with Crippen LogP contribution in [-0.2, 0) is 20.7 Å². The van der Waals surface area contributed by atoms with E-state index in [-0.39, 0.29) is 12.2 Å². The lowest BCUT2D eigenvalue weighted by Gasteiger charge is -2.10. The first-order valence-electron chi connectivity index (χ1n) is 8.36. The number of hydrogen-bond acceptors (Lipinski definition) is 7. The van der Waals surface area contributed by atoms with Crippen LogP contribution in [0.4, 0.5) is 5.69 Å². The maximum Gasteiger partial charge on any atom is 0.310 e. The van der Waals surface area contributed by atoms with Crippen molar-refractivity contribution in [1.29, 1.82) is 0 Å². The van der Waals surface area contributed by atoms with E-state index in [0.29, 0.717) is 33.7 Å².